The fraction of sp³-hybridized carbons (Fsp3) is 0.571. The molecule has 1 aliphatic rings. The summed E-state index contributed by atoms with van der Waals surface area (Å²) in [7, 11) is 0. The van der Waals surface area contributed by atoms with Crippen molar-refractivity contribution in [3.8, 4) is 0 Å². The van der Waals surface area contributed by atoms with Crippen molar-refractivity contribution in [1.82, 2.24) is 9.88 Å². The first kappa shape index (κ1) is 15.5. The van der Waals surface area contributed by atoms with Crippen LogP contribution in [0.5, 0.6) is 0 Å². The number of carbonyl (C=O) groups excluding carboxylic acids is 1. The van der Waals surface area contributed by atoms with Crippen LogP contribution in [0.25, 0.3) is 0 Å². The van der Waals surface area contributed by atoms with Crippen molar-refractivity contribution in [2.75, 3.05) is 13.2 Å². The zero-order chi connectivity index (χ0) is 14.5. The van der Waals surface area contributed by atoms with E-state index in [4.69, 9.17) is 27.9 Å². The van der Waals surface area contributed by atoms with E-state index in [9.17, 15) is 4.79 Å². The second kappa shape index (κ2) is 7.25. The smallest absolute Gasteiger partial charge is 0.323 e. The van der Waals surface area contributed by atoms with Crippen molar-refractivity contribution >= 4 is 29.2 Å². The zero-order valence-corrected chi connectivity index (χ0v) is 13.0. The number of pyridine rings is 1. The highest BCUT2D eigenvalue weighted by Crippen LogP contribution is 2.24. The molecule has 1 atom stereocenters. The summed E-state index contributed by atoms with van der Waals surface area (Å²) in [6, 6.07) is 3.18. The Kier molecular flexibility index (Phi) is 5.64. The molecule has 2 heterocycles. The van der Waals surface area contributed by atoms with Gasteiger partial charge in [-0.1, -0.05) is 29.6 Å². The lowest BCUT2D eigenvalue weighted by Gasteiger charge is -2.33. The summed E-state index contributed by atoms with van der Waals surface area (Å²) in [5, 5.41) is 0.983. The molecule has 110 valence electrons. The normalized spacial score (nSPS) is 19.9. The number of hydrogen-bond donors (Lipinski definition) is 0. The highest BCUT2D eigenvalue weighted by molar-refractivity contribution is 6.32. The van der Waals surface area contributed by atoms with E-state index in [0.717, 1.165) is 25.8 Å². The average Bonchev–Trinajstić information content (AvgIpc) is 2.44. The van der Waals surface area contributed by atoms with Gasteiger partial charge < -0.3 is 4.74 Å². The Hall–Kier alpha value is -0.840. The van der Waals surface area contributed by atoms with Gasteiger partial charge in [-0.15, -0.1) is 0 Å². The third-order valence-electron chi connectivity index (χ3n) is 3.41. The SMILES string of the molecule is CCOC(=O)C1CCCCN1Cc1nc(Cl)ccc1Cl. The van der Waals surface area contributed by atoms with Crippen molar-refractivity contribution in [2.24, 2.45) is 0 Å². The maximum Gasteiger partial charge on any atom is 0.323 e. The number of likely N-dealkylation sites (tertiary alicyclic amines) is 1. The Balaban J connectivity index is 2.12. The Morgan fingerprint density at radius 2 is 2.25 bits per heavy atom. The fourth-order valence-corrected chi connectivity index (χ4v) is 2.78. The van der Waals surface area contributed by atoms with E-state index in [2.05, 4.69) is 9.88 Å². The molecule has 0 spiro atoms. The van der Waals surface area contributed by atoms with E-state index in [0.29, 0.717) is 29.0 Å². The third kappa shape index (κ3) is 3.84. The molecule has 1 aromatic rings. The minimum atomic E-state index is -0.208. The predicted octanol–water partition coefficient (Wildman–Crippen LogP) is 3.31. The average molecular weight is 317 g/mol. The predicted molar refractivity (Wildman–Crippen MR) is 78.9 cm³/mol. The van der Waals surface area contributed by atoms with Crippen molar-refractivity contribution in [2.45, 2.75) is 38.8 Å². The van der Waals surface area contributed by atoms with Crippen LogP contribution in [0.2, 0.25) is 10.2 Å². The second-order valence-corrected chi connectivity index (χ2v) is 5.59. The minimum absolute atomic E-state index is 0.162. The molecule has 0 amide bonds. The van der Waals surface area contributed by atoms with Gasteiger partial charge in [-0.2, -0.15) is 0 Å². The Morgan fingerprint density at radius 3 is 3.00 bits per heavy atom. The minimum Gasteiger partial charge on any atom is -0.465 e. The van der Waals surface area contributed by atoms with E-state index in [1.807, 2.05) is 6.92 Å². The number of piperidine rings is 1. The molecule has 20 heavy (non-hydrogen) atoms. The van der Waals surface area contributed by atoms with Gasteiger partial charge in [-0.3, -0.25) is 9.69 Å². The molecule has 1 fully saturated rings. The van der Waals surface area contributed by atoms with E-state index < -0.39 is 0 Å². The molecule has 1 aliphatic heterocycles. The van der Waals surface area contributed by atoms with Crippen molar-refractivity contribution < 1.29 is 9.53 Å². The standard InChI is InChI=1S/C14H18Cl2N2O2/c1-2-20-14(19)12-5-3-4-8-18(12)9-11-10(15)6-7-13(16)17-11/h6-7,12H,2-5,8-9H2,1H3. The Morgan fingerprint density at radius 1 is 1.45 bits per heavy atom. The first-order chi connectivity index (χ1) is 9.61. The highest BCUT2D eigenvalue weighted by atomic mass is 35.5. The van der Waals surface area contributed by atoms with Crippen LogP contribution in [0.4, 0.5) is 0 Å². The quantitative estimate of drug-likeness (QED) is 0.631. The molecular formula is C14H18Cl2N2O2. The molecule has 2 rings (SSSR count). The number of hydrogen-bond acceptors (Lipinski definition) is 4. The molecule has 1 saturated heterocycles. The summed E-state index contributed by atoms with van der Waals surface area (Å²) >= 11 is 12.0. The molecule has 0 bridgehead atoms. The third-order valence-corrected chi connectivity index (χ3v) is 3.96. The molecule has 0 aromatic carbocycles. The van der Waals surface area contributed by atoms with Crippen LogP contribution in [-0.4, -0.2) is 35.0 Å². The number of halogens is 2. The van der Waals surface area contributed by atoms with Gasteiger partial charge in [0.2, 0.25) is 0 Å². The van der Waals surface area contributed by atoms with Gasteiger partial charge in [-0.05, 0) is 38.4 Å². The largest absolute Gasteiger partial charge is 0.465 e. The number of carbonyl (C=O) groups is 1. The van der Waals surface area contributed by atoms with Crippen molar-refractivity contribution in [1.29, 1.82) is 0 Å². The zero-order valence-electron chi connectivity index (χ0n) is 11.4. The molecule has 4 nitrogen and oxygen atoms in total. The summed E-state index contributed by atoms with van der Waals surface area (Å²) in [5.74, 6) is -0.162. The summed E-state index contributed by atoms with van der Waals surface area (Å²) in [6.45, 7) is 3.58. The summed E-state index contributed by atoms with van der Waals surface area (Å²) in [4.78, 5) is 18.3. The number of nitrogens with zero attached hydrogens (tertiary/aromatic N) is 2. The van der Waals surface area contributed by atoms with Gasteiger partial charge in [0.05, 0.1) is 17.3 Å². The number of rotatable bonds is 4. The van der Waals surface area contributed by atoms with E-state index in [1.54, 1.807) is 12.1 Å². The lowest BCUT2D eigenvalue weighted by molar-refractivity contribution is -0.151. The lowest BCUT2D eigenvalue weighted by Crippen LogP contribution is -2.45. The van der Waals surface area contributed by atoms with E-state index in [1.165, 1.54) is 0 Å². The van der Waals surface area contributed by atoms with Crippen LogP contribution in [0.3, 0.4) is 0 Å². The van der Waals surface area contributed by atoms with Crippen LogP contribution >= 0.6 is 23.2 Å². The van der Waals surface area contributed by atoms with Crippen LogP contribution in [0.15, 0.2) is 12.1 Å². The van der Waals surface area contributed by atoms with Gasteiger partial charge >= 0.3 is 5.97 Å². The molecule has 1 unspecified atom stereocenters. The summed E-state index contributed by atoms with van der Waals surface area (Å²) < 4.78 is 5.14. The molecule has 0 radical (unpaired) electrons. The number of esters is 1. The molecular weight excluding hydrogens is 299 g/mol. The van der Waals surface area contributed by atoms with Gasteiger partial charge in [0.15, 0.2) is 0 Å². The number of aromatic nitrogens is 1. The Labute approximate surface area is 129 Å². The van der Waals surface area contributed by atoms with E-state index in [-0.39, 0.29) is 12.0 Å². The van der Waals surface area contributed by atoms with Gasteiger partial charge in [0.1, 0.15) is 11.2 Å². The van der Waals surface area contributed by atoms with Gasteiger partial charge in [-0.25, -0.2) is 4.98 Å². The van der Waals surface area contributed by atoms with E-state index >= 15 is 0 Å². The summed E-state index contributed by atoms with van der Waals surface area (Å²) in [6.07, 6.45) is 2.92. The fourth-order valence-electron chi connectivity index (χ4n) is 2.45. The maximum atomic E-state index is 12.0. The monoisotopic (exact) mass is 316 g/mol. The first-order valence-corrected chi connectivity index (χ1v) is 7.59. The second-order valence-electron chi connectivity index (χ2n) is 4.80. The topological polar surface area (TPSA) is 42.4 Å². The maximum absolute atomic E-state index is 12.0. The Bertz CT molecular complexity index is 482. The van der Waals surface area contributed by atoms with Gasteiger partial charge in [0, 0.05) is 6.54 Å². The molecule has 0 N–H and O–H groups in total. The van der Waals surface area contributed by atoms with Crippen LogP contribution < -0.4 is 0 Å². The van der Waals surface area contributed by atoms with Crippen LogP contribution in [0.1, 0.15) is 31.9 Å². The van der Waals surface area contributed by atoms with Crippen LogP contribution in [0, 0.1) is 0 Å². The molecule has 6 heteroatoms. The highest BCUT2D eigenvalue weighted by Gasteiger charge is 2.30. The first-order valence-electron chi connectivity index (χ1n) is 6.83. The lowest BCUT2D eigenvalue weighted by atomic mass is 10.0. The van der Waals surface area contributed by atoms with Crippen molar-refractivity contribution in [3.05, 3.63) is 28.0 Å². The number of ether oxygens (including phenoxy) is 1. The molecule has 0 aliphatic carbocycles. The van der Waals surface area contributed by atoms with Gasteiger partial charge in [0.25, 0.3) is 0 Å². The van der Waals surface area contributed by atoms with Crippen molar-refractivity contribution in [3.63, 3.8) is 0 Å². The molecule has 0 saturated carbocycles. The summed E-state index contributed by atoms with van der Waals surface area (Å²) in [5.41, 5.74) is 0.704. The molecule has 1 aromatic heterocycles. The van der Waals surface area contributed by atoms with Crippen LogP contribution in [-0.2, 0) is 16.1 Å².